The lowest BCUT2D eigenvalue weighted by Crippen LogP contribution is -2.32. The van der Waals surface area contributed by atoms with E-state index < -0.39 is 19.9 Å². The highest BCUT2D eigenvalue weighted by Crippen LogP contribution is 2.23. The molecule has 0 aromatic heterocycles. The molecule has 20 heavy (non-hydrogen) atoms. The summed E-state index contributed by atoms with van der Waals surface area (Å²) in [4.78, 5) is -0.299. The van der Waals surface area contributed by atoms with E-state index in [2.05, 4.69) is 4.72 Å². The van der Waals surface area contributed by atoms with Gasteiger partial charge in [0.05, 0.1) is 10.6 Å². The van der Waals surface area contributed by atoms with E-state index in [1.807, 2.05) is 20.8 Å². The third-order valence-corrected chi connectivity index (χ3v) is 5.06. The Kier molecular flexibility index (Phi) is 4.52. The van der Waals surface area contributed by atoms with E-state index >= 15 is 0 Å². The normalized spacial score (nSPS) is 13.4. The summed E-state index contributed by atoms with van der Waals surface area (Å²) in [6.07, 6.45) is 1.01. The summed E-state index contributed by atoms with van der Waals surface area (Å²) in [5.74, 6) is 0. The van der Waals surface area contributed by atoms with Gasteiger partial charge in [0.2, 0.25) is 10.0 Å². The van der Waals surface area contributed by atoms with Crippen LogP contribution in [0.5, 0.6) is 0 Å². The van der Waals surface area contributed by atoms with Crippen molar-refractivity contribution in [1.29, 1.82) is 0 Å². The van der Waals surface area contributed by atoms with Gasteiger partial charge in [-0.2, -0.15) is 0 Å². The van der Waals surface area contributed by atoms with Gasteiger partial charge in [-0.25, -0.2) is 21.6 Å². The molecule has 0 aliphatic heterocycles. The van der Waals surface area contributed by atoms with E-state index in [1.165, 1.54) is 12.1 Å². The summed E-state index contributed by atoms with van der Waals surface area (Å²) < 4.78 is 49.8. The van der Waals surface area contributed by atoms with Gasteiger partial charge < -0.3 is 5.73 Å². The van der Waals surface area contributed by atoms with E-state index in [4.69, 9.17) is 5.73 Å². The Morgan fingerprint density at radius 1 is 1.15 bits per heavy atom. The van der Waals surface area contributed by atoms with Crippen LogP contribution in [0.3, 0.4) is 0 Å². The van der Waals surface area contributed by atoms with Crippen LogP contribution in [0.15, 0.2) is 28.0 Å². The van der Waals surface area contributed by atoms with Crippen molar-refractivity contribution in [3.05, 3.63) is 18.2 Å². The summed E-state index contributed by atoms with van der Waals surface area (Å²) in [6.45, 7) is 5.86. The fraction of sp³-hybridized carbons (Fsp3) is 0.500. The Balaban J connectivity index is 3.25. The van der Waals surface area contributed by atoms with E-state index in [0.717, 1.165) is 12.3 Å². The maximum absolute atomic E-state index is 12.2. The molecule has 6 nitrogen and oxygen atoms in total. The highest BCUT2D eigenvalue weighted by atomic mass is 32.2. The number of sulfonamides is 1. The van der Waals surface area contributed by atoms with Crippen molar-refractivity contribution in [2.75, 3.05) is 18.5 Å². The Bertz CT molecular complexity index is 701. The first-order chi connectivity index (χ1) is 8.83. The molecule has 0 saturated carbocycles. The van der Waals surface area contributed by atoms with Gasteiger partial charge in [0.1, 0.15) is 4.90 Å². The topological polar surface area (TPSA) is 106 Å². The Labute approximate surface area is 120 Å². The molecule has 0 fully saturated rings. The number of anilines is 1. The summed E-state index contributed by atoms with van der Waals surface area (Å²) in [6, 6.07) is 3.64. The van der Waals surface area contributed by atoms with Gasteiger partial charge in [-0.1, -0.05) is 20.8 Å². The van der Waals surface area contributed by atoms with Crippen LogP contribution in [-0.2, 0) is 19.9 Å². The fourth-order valence-electron chi connectivity index (χ4n) is 1.37. The van der Waals surface area contributed by atoms with Crippen LogP contribution in [0.1, 0.15) is 20.8 Å². The summed E-state index contributed by atoms with van der Waals surface area (Å²) in [5.41, 5.74) is 5.42. The number of hydrogen-bond acceptors (Lipinski definition) is 5. The highest BCUT2D eigenvalue weighted by molar-refractivity contribution is 7.91. The van der Waals surface area contributed by atoms with Crippen LogP contribution in [0.2, 0.25) is 0 Å². The first kappa shape index (κ1) is 16.9. The van der Waals surface area contributed by atoms with Gasteiger partial charge in [-0.05, 0) is 23.6 Å². The molecule has 0 aliphatic carbocycles. The van der Waals surface area contributed by atoms with E-state index in [0.29, 0.717) is 0 Å². The summed E-state index contributed by atoms with van der Waals surface area (Å²) in [7, 11) is -7.34. The molecule has 1 rings (SSSR count). The van der Waals surface area contributed by atoms with Crippen LogP contribution in [0.25, 0.3) is 0 Å². The van der Waals surface area contributed by atoms with Crippen LogP contribution in [-0.4, -0.2) is 29.6 Å². The fourth-order valence-corrected chi connectivity index (χ4v) is 3.53. The average Bonchev–Trinajstić information content (AvgIpc) is 2.24. The Morgan fingerprint density at radius 3 is 2.15 bits per heavy atom. The van der Waals surface area contributed by atoms with Crippen LogP contribution < -0.4 is 10.5 Å². The minimum absolute atomic E-state index is 0.0128. The zero-order chi connectivity index (χ0) is 15.8. The number of nitrogen functional groups attached to an aromatic ring is 1. The number of sulfone groups is 1. The maximum Gasteiger partial charge on any atom is 0.242 e. The second kappa shape index (κ2) is 5.34. The number of nitrogens with one attached hydrogen (secondary N) is 1. The lowest BCUT2D eigenvalue weighted by molar-refractivity contribution is 0.407. The molecule has 0 unspecified atom stereocenters. The smallest absolute Gasteiger partial charge is 0.242 e. The van der Waals surface area contributed by atoms with Crippen molar-refractivity contribution in [2.45, 2.75) is 30.6 Å². The second-order valence-corrected chi connectivity index (χ2v) is 9.61. The monoisotopic (exact) mass is 320 g/mol. The Hall–Kier alpha value is -1.12. The van der Waals surface area contributed by atoms with Crippen LogP contribution in [0.4, 0.5) is 5.69 Å². The Morgan fingerprint density at radius 2 is 1.70 bits per heavy atom. The predicted molar refractivity (Wildman–Crippen MR) is 78.6 cm³/mol. The number of nitrogens with two attached hydrogens (primary N) is 1. The van der Waals surface area contributed by atoms with Gasteiger partial charge in [-0.15, -0.1) is 0 Å². The summed E-state index contributed by atoms with van der Waals surface area (Å²) >= 11 is 0. The molecule has 3 N–H and O–H groups in total. The van der Waals surface area contributed by atoms with E-state index in [9.17, 15) is 16.8 Å². The number of rotatable bonds is 4. The molecule has 1 aromatic carbocycles. The molecule has 0 amide bonds. The minimum Gasteiger partial charge on any atom is -0.398 e. The molecular weight excluding hydrogens is 300 g/mol. The molecule has 0 atom stereocenters. The molecule has 0 aliphatic rings. The third kappa shape index (κ3) is 4.46. The van der Waals surface area contributed by atoms with Crippen molar-refractivity contribution in [3.63, 3.8) is 0 Å². The van der Waals surface area contributed by atoms with Crippen molar-refractivity contribution >= 4 is 25.5 Å². The van der Waals surface area contributed by atoms with Gasteiger partial charge in [-0.3, -0.25) is 0 Å². The molecule has 0 saturated heterocycles. The zero-order valence-corrected chi connectivity index (χ0v) is 13.6. The SMILES string of the molecule is CC(C)(C)CNS(=O)(=O)c1cc(S(C)(=O)=O)ccc1N. The molecule has 0 radical (unpaired) electrons. The van der Waals surface area contributed by atoms with Crippen LogP contribution in [0, 0.1) is 5.41 Å². The first-order valence-electron chi connectivity index (χ1n) is 5.92. The van der Waals surface area contributed by atoms with Gasteiger partial charge in [0.15, 0.2) is 9.84 Å². The van der Waals surface area contributed by atoms with Gasteiger partial charge in [0, 0.05) is 12.8 Å². The number of benzene rings is 1. The standard InChI is InChI=1S/C12H20N2O4S2/c1-12(2,3)8-14-20(17,18)11-7-9(19(4,15)16)5-6-10(11)13/h5-7,14H,8,13H2,1-4H3. The largest absolute Gasteiger partial charge is 0.398 e. The minimum atomic E-state index is -3.85. The van der Waals surface area contributed by atoms with E-state index in [-0.39, 0.29) is 27.4 Å². The molecular formula is C12H20N2O4S2. The second-order valence-electron chi connectivity index (χ2n) is 5.86. The van der Waals surface area contributed by atoms with Crippen molar-refractivity contribution in [3.8, 4) is 0 Å². The number of hydrogen-bond donors (Lipinski definition) is 2. The van der Waals surface area contributed by atoms with Crippen molar-refractivity contribution < 1.29 is 16.8 Å². The molecule has 0 spiro atoms. The third-order valence-electron chi connectivity index (χ3n) is 2.50. The van der Waals surface area contributed by atoms with Gasteiger partial charge in [0.25, 0.3) is 0 Å². The average molecular weight is 320 g/mol. The highest BCUT2D eigenvalue weighted by Gasteiger charge is 2.22. The van der Waals surface area contributed by atoms with Crippen LogP contribution >= 0.6 is 0 Å². The molecule has 114 valence electrons. The predicted octanol–water partition coefficient (Wildman–Crippen LogP) is 0.997. The van der Waals surface area contributed by atoms with Crippen molar-refractivity contribution in [2.24, 2.45) is 5.41 Å². The van der Waals surface area contributed by atoms with E-state index in [1.54, 1.807) is 0 Å². The maximum atomic E-state index is 12.2. The zero-order valence-electron chi connectivity index (χ0n) is 12.0. The first-order valence-corrected chi connectivity index (χ1v) is 9.30. The molecule has 8 heteroatoms. The lowest BCUT2D eigenvalue weighted by atomic mass is 9.98. The quantitative estimate of drug-likeness (QED) is 0.805. The molecule has 0 heterocycles. The lowest BCUT2D eigenvalue weighted by Gasteiger charge is -2.19. The van der Waals surface area contributed by atoms with Crippen molar-refractivity contribution in [1.82, 2.24) is 4.72 Å². The summed E-state index contributed by atoms with van der Waals surface area (Å²) in [5, 5.41) is 0. The van der Waals surface area contributed by atoms with Gasteiger partial charge >= 0.3 is 0 Å². The molecule has 0 bridgehead atoms. The molecule has 1 aromatic rings.